The molecule has 0 fully saturated rings. The zero-order valence-electron chi connectivity index (χ0n) is 13.6. The Bertz CT molecular complexity index is 561. The van der Waals surface area contributed by atoms with Gasteiger partial charge in [-0.05, 0) is 44.0 Å². The van der Waals surface area contributed by atoms with Gasteiger partial charge < -0.3 is 19.5 Å². The third-order valence-electron chi connectivity index (χ3n) is 3.62. The SMILES string of the molecule is CCC(C)(C)NC(=O)C=Cc1cc(OC)c2c(c1)OCCO2. The summed E-state index contributed by atoms with van der Waals surface area (Å²) in [6.45, 7) is 7.04. The van der Waals surface area contributed by atoms with Crippen molar-refractivity contribution < 1.29 is 19.0 Å². The van der Waals surface area contributed by atoms with E-state index < -0.39 is 0 Å². The highest BCUT2D eigenvalue weighted by molar-refractivity contribution is 5.92. The minimum absolute atomic E-state index is 0.124. The molecule has 5 nitrogen and oxygen atoms in total. The molecule has 2 rings (SSSR count). The van der Waals surface area contributed by atoms with Gasteiger partial charge in [-0.25, -0.2) is 0 Å². The molecule has 0 bridgehead atoms. The van der Waals surface area contributed by atoms with Crippen LogP contribution >= 0.6 is 0 Å². The highest BCUT2D eigenvalue weighted by Gasteiger charge is 2.18. The van der Waals surface area contributed by atoms with Crippen LogP contribution in [0.25, 0.3) is 6.08 Å². The molecule has 0 atom stereocenters. The number of benzene rings is 1. The fraction of sp³-hybridized carbons (Fsp3) is 0.471. The molecule has 1 aliphatic rings. The number of hydrogen-bond acceptors (Lipinski definition) is 4. The molecule has 120 valence electrons. The first-order valence-corrected chi connectivity index (χ1v) is 7.43. The van der Waals surface area contributed by atoms with Crippen molar-refractivity contribution in [3.05, 3.63) is 23.8 Å². The van der Waals surface area contributed by atoms with Gasteiger partial charge in [-0.1, -0.05) is 6.92 Å². The summed E-state index contributed by atoms with van der Waals surface area (Å²) < 4.78 is 16.4. The van der Waals surface area contributed by atoms with E-state index in [0.29, 0.717) is 30.5 Å². The molecule has 0 unspecified atom stereocenters. The van der Waals surface area contributed by atoms with Gasteiger partial charge in [-0.2, -0.15) is 0 Å². The summed E-state index contributed by atoms with van der Waals surface area (Å²) in [6.07, 6.45) is 4.12. The number of fused-ring (bicyclic) bond motifs is 1. The van der Waals surface area contributed by atoms with E-state index in [0.717, 1.165) is 12.0 Å². The Morgan fingerprint density at radius 1 is 1.36 bits per heavy atom. The molecule has 0 saturated heterocycles. The maximum atomic E-state index is 11.9. The van der Waals surface area contributed by atoms with Crippen LogP contribution in [0.5, 0.6) is 17.2 Å². The van der Waals surface area contributed by atoms with Crippen molar-refractivity contribution in [1.82, 2.24) is 5.32 Å². The summed E-state index contributed by atoms with van der Waals surface area (Å²) in [5, 5.41) is 2.95. The number of carbonyl (C=O) groups is 1. The minimum Gasteiger partial charge on any atom is -0.493 e. The lowest BCUT2D eigenvalue weighted by Crippen LogP contribution is -2.41. The molecule has 1 N–H and O–H groups in total. The lowest BCUT2D eigenvalue weighted by Gasteiger charge is -2.23. The Morgan fingerprint density at radius 2 is 2.09 bits per heavy atom. The van der Waals surface area contributed by atoms with Crippen LogP contribution in [0.2, 0.25) is 0 Å². The topological polar surface area (TPSA) is 56.8 Å². The van der Waals surface area contributed by atoms with Gasteiger partial charge in [-0.15, -0.1) is 0 Å². The maximum Gasteiger partial charge on any atom is 0.244 e. The normalized spacial score (nSPS) is 14.0. The van der Waals surface area contributed by atoms with Gasteiger partial charge in [0, 0.05) is 11.6 Å². The summed E-state index contributed by atoms with van der Waals surface area (Å²) in [6, 6.07) is 3.66. The Kier molecular flexibility index (Phi) is 4.96. The lowest BCUT2D eigenvalue weighted by atomic mass is 10.0. The number of rotatable bonds is 5. The van der Waals surface area contributed by atoms with Crippen molar-refractivity contribution in [3.63, 3.8) is 0 Å². The Hall–Kier alpha value is -2.17. The van der Waals surface area contributed by atoms with Crippen molar-refractivity contribution in [3.8, 4) is 17.2 Å². The van der Waals surface area contributed by atoms with Crippen LogP contribution in [0, 0.1) is 0 Å². The summed E-state index contributed by atoms with van der Waals surface area (Å²) >= 11 is 0. The third kappa shape index (κ3) is 3.93. The van der Waals surface area contributed by atoms with E-state index in [1.54, 1.807) is 13.2 Å². The monoisotopic (exact) mass is 305 g/mol. The standard InChI is InChI=1S/C17H23NO4/c1-5-17(2,3)18-15(19)7-6-12-10-13(20-4)16-14(11-12)21-8-9-22-16/h6-7,10-11H,5,8-9H2,1-4H3,(H,18,19). The van der Waals surface area contributed by atoms with E-state index >= 15 is 0 Å². The third-order valence-corrected chi connectivity index (χ3v) is 3.62. The van der Waals surface area contributed by atoms with E-state index in [1.165, 1.54) is 6.08 Å². The van der Waals surface area contributed by atoms with Gasteiger partial charge in [0.2, 0.25) is 11.7 Å². The summed E-state index contributed by atoms with van der Waals surface area (Å²) in [7, 11) is 1.58. The van der Waals surface area contributed by atoms with Crippen LogP contribution < -0.4 is 19.5 Å². The van der Waals surface area contributed by atoms with Crippen molar-refractivity contribution in [1.29, 1.82) is 0 Å². The molecule has 5 heteroatoms. The van der Waals surface area contributed by atoms with Gasteiger partial charge in [0.15, 0.2) is 11.5 Å². The molecule has 0 radical (unpaired) electrons. The van der Waals surface area contributed by atoms with Crippen LogP contribution in [0.15, 0.2) is 18.2 Å². The quantitative estimate of drug-likeness (QED) is 0.850. The van der Waals surface area contributed by atoms with E-state index in [-0.39, 0.29) is 11.4 Å². The molecule has 0 aliphatic carbocycles. The molecule has 1 aliphatic heterocycles. The molecular weight excluding hydrogens is 282 g/mol. The first kappa shape index (κ1) is 16.2. The molecule has 1 heterocycles. The Labute approximate surface area is 131 Å². The number of hydrogen-bond donors (Lipinski definition) is 1. The van der Waals surface area contributed by atoms with Crippen LogP contribution in [-0.4, -0.2) is 31.8 Å². The number of nitrogens with one attached hydrogen (secondary N) is 1. The van der Waals surface area contributed by atoms with E-state index in [4.69, 9.17) is 14.2 Å². The van der Waals surface area contributed by atoms with E-state index in [2.05, 4.69) is 5.32 Å². The Balaban J connectivity index is 2.16. The van der Waals surface area contributed by atoms with Crippen LogP contribution in [-0.2, 0) is 4.79 Å². The van der Waals surface area contributed by atoms with Crippen molar-refractivity contribution in [2.45, 2.75) is 32.7 Å². The smallest absolute Gasteiger partial charge is 0.244 e. The highest BCUT2D eigenvalue weighted by Crippen LogP contribution is 2.40. The maximum absolute atomic E-state index is 11.9. The largest absolute Gasteiger partial charge is 0.493 e. The first-order valence-electron chi connectivity index (χ1n) is 7.43. The zero-order chi connectivity index (χ0) is 16.2. The Morgan fingerprint density at radius 3 is 2.77 bits per heavy atom. The van der Waals surface area contributed by atoms with Gasteiger partial charge in [0.25, 0.3) is 0 Å². The second-order valence-corrected chi connectivity index (χ2v) is 5.81. The molecule has 0 aromatic heterocycles. The van der Waals surface area contributed by atoms with Gasteiger partial charge in [0.05, 0.1) is 7.11 Å². The zero-order valence-corrected chi connectivity index (χ0v) is 13.6. The van der Waals surface area contributed by atoms with Crippen LogP contribution in [0.3, 0.4) is 0 Å². The van der Waals surface area contributed by atoms with Crippen LogP contribution in [0.1, 0.15) is 32.8 Å². The summed E-state index contributed by atoms with van der Waals surface area (Å²) in [4.78, 5) is 11.9. The second-order valence-electron chi connectivity index (χ2n) is 5.81. The van der Waals surface area contributed by atoms with Gasteiger partial charge >= 0.3 is 0 Å². The molecule has 0 spiro atoms. The second kappa shape index (κ2) is 6.73. The highest BCUT2D eigenvalue weighted by atomic mass is 16.6. The number of carbonyl (C=O) groups excluding carboxylic acids is 1. The van der Waals surface area contributed by atoms with E-state index in [9.17, 15) is 4.79 Å². The van der Waals surface area contributed by atoms with Crippen molar-refractivity contribution >= 4 is 12.0 Å². The molecule has 1 aromatic carbocycles. The van der Waals surface area contributed by atoms with E-state index in [1.807, 2.05) is 32.9 Å². The van der Waals surface area contributed by atoms with Gasteiger partial charge in [0.1, 0.15) is 13.2 Å². The fourth-order valence-corrected chi connectivity index (χ4v) is 2.03. The molecule has 22 heavy (non-hydrogen) atoms. The molecule has 0 saturated carbocycles. The predicted octanol–water partition coefficient (Wildman–Crippen LogP) is 2.78. The molecule has 1 amide bonds. The van der Waals surface area contributed by atoms with Gasteiger partial charge in [-0.3, -0.25) is 4.79 Å². The fourth-order valence-electron chi connectivity index (χ4n) is 2.03. The number of methoxy groups -OCH3 is 1. The number of amides is 1. The van der Waals surface area contributed by atoms with Crippen LogP contribution in [0.4, 0.5) is 0 Å². The summed E-state index contributed by atoms with van der Waals surface area (Å²) in [5.41, 5.74) is 0.608. The number of ether oxygens (including phenoxy) is 3. The predicted molar refractivity (Wildman–Crippen MR) is 85.5 cm³/mol. The van der Waals surface area contributed by atoms with Crippen molar-refractivity contribution in [2.24, 2.45) is 0 Å². The molecule has 1 aromatic rings. The average molecular weight is 305 g/mol. The molecular formula is C17H23NO4. The van der Waals surface area contributed by atoms with Crippen molar-refractivity contribution in [2.75, 3.05) is 20.3 Å². The average Bonchev–Trinajstić information content (AvgIpc) is 2.51. The minimum atomic E-state index is -0.216. The summed E-state index contributed by atoms with van der Waals surface area (Å²) in [5.74, 6) is 1.73. The first-order chi connectivity index (χ1) is 10.4. The lowest BCUT2D eigenvalue weighted by molar-refractivity contribution is -0.117.